The van der Waals surface area contributed by atoms with Crippen molar-refractivity contribution in [2.24, 2.45) is 0 Å². The van der Waals surface area contributed by atoms with Gasteiger partial charge in [0, 0.05) is 58.8 Å². The zero-order chi connectivity index (χ0) is 20.5. The molecule has 5 heterocycles. The fourth-order valence-corrected chi connectivity index (χ4v) is 3.40. The standard InChI is InChI=1S/C23H18N6O/c1-14-3-2-4-20(27-14)23-28-21(19-5-6-26-22(19)29-23)18-8-17(11-25-12-18)16-7-15(13-30)9-24-10-16/h2-12,30H,13H2,1H3,(H,26,28,29). The number of hydrogen-bond donors (Lipinski definition) is 2. The topological polar surface area (TPSA) is 100 Å². The molecule has 7 nitrogen and oxygen atoms in total. The van der Waals surface area contributed by atoms with E-state index in [-0.39, 0.29) is 6.61 Å². The molecule has 7 heteroatoms. The largest absolute Gasteiger partial charge is 0.392 e. The number of fused-ring (bicyclic) bond motifs is 1. The van der Waals surface area contributed by atoms with E-state index in [4.69, 9.17) is 4.98 Å². The molecule has 146 valence electrons. The van der Waals surface area contributed by atoms with Crippen LogP contribution in [0.3, 0.4) is 0 Å². The van der Waals surface area contributed by atoms with Gasteiger partial charge in [0.1, 0.15) is 11.3 Å². The Labute approximate surface area is 172 Å². The Morgan fingerprint density at radius 1 is 0.867 bits per heavy atom. The number of hydrogen-bond acceptors (Lipinski definition) is 6. The number of nitrogens with zero attached hydrogens (tertiary/aromatic N) is 5. The molecule has 0 saturated carbocycles. The summed E-state index contributed by atoms with van der Waals surface area (Å²) in [6.45, 7) is 1.89. The van der Waals surface area contributed by atoms with Gasteiger partial charge >= 0.3 is 0 Å². The summed E-state index contributed by atoms with van der Waals surface area (Å²) in [6.07, 6.45) is 8.82. The molecule has 0 spiro atoms. The van der Waals surface area contributed by atoms with E-state index in [0.717, 1.165) is 50.4 Å². The monoisotopic (exact) mass is 394 g/mol. The van der Waals surface area contributed by atoms with Gasteiger partial charge in [0.25, 0.3) is 0 Å². The maximum Gasteiger partial charge on any atom is 0.180 e. The number of aromatic nitrogens is 6. The van der Waals surface area contributed by atoms with E-state index >= 15 is 0 Å². The Bertz CT molecular complexity index is 1360. The Kier molecular flexibility index (Phi) is 4.49. The van der Waals surface area contributed by atoms with Crippen molar-refractivity contribution in [2.45, 2.75) is 13.5 Å². The second-order valence-corrected chi connectivity index (χ2v) is 7.00. The number of rotatable bonds is 4. The van der Waals surface area contributed by atoms with E-state index in [2.05, 4.69) is 24.9 Å². The third-order valence-electron chi connectivity index (χ3n) is 4.86. The van der Waals surface area contributed by atoms with Crippen molar-refractivity contribution in [3.05, 3.63) is 78.6 Å². The van der Waals surface area contributed by atoms with Crippen molar-refractivity contribution >= 4 is 11.0 Å². The van der Waals surface area contributed by atoms with Crippen molar-refractivity contribution in [1.29, 1.82) is 0 Å². The highest BCUT2D eigenvalue weighted by Crippen LogP contribution is 2.30. The lowest BCUT2D eigenvalue weighted by atomic mass is 10.0. The molecule has 0 atom stereocenters. The maximum absolute atomic E-state index is 9.41. The van der Waals surface area contributed by atoms with Crippen LogP contribution in [0.2, 0.25) is 0 Å². The summed E-state index contributed by atoms with van der Waals surface area (Å²) < 4.78 is 0. The van der Waals surface area contributed by atoms with E-state index < -0.39 is 0 Å². The van der Waals surface area contributed by atoms with Gasteiger partial charge in [-0.15, -0.1) is 0 Å². The first-order valence-electron chi connectivity index (χ1n) is 9.51. The first-order valence-corrected chi connectivity index (χ1v) is 9.51. The van der Waals surface area contributed by atoms with Crippen molar-refractivity contribution in [1.82, 2.24) is 29.9 Å². The van der Waals surface area contributed by atoms with Gasteiger partial charge in [-0.3, -0.25) is 9.97 Å². The Morgan fingerprint density at radius 2 is 1.67 bits per heavy atom. The summed E-state index contributed by atoms with van der Waals surface area (Å²) in [5.74, 6) is 0.554. The lowest BCUT2D eigenvalue weighted by molar-refractivity contribution is 0.281. The van der Waals surface area contributed by atoms with Crippen LogP contribution in [0.4, 0.5) is 0 Å². The maximum atomic E-state index is 9.41. The number of aliphatic hydroxyl groups is 1. The van der Waals surface area contributed by atoms with Crippen LogP contribution in [-0.4, -0.2) is 35.0 Å². The van der Waals surface area contributed by atoms with Gasteiger partial charge in [-0.2, -0.15) is 0 Å². The molecule has 0 saturated heterocycles. The fourth-order valence-electron chi connectivity index (χ4n) is 3.40. The normalized spacial score (nSPS) is 11.1. The molecule has 0 amide bonds. The van der Waals surface area contributed by atoms with Gasteiger partial charge in [-0.05, 0) is 42.8 Å². The minimum Gasteiger partial charge on any atom is -0.392 e. The summed E-state index contributed by atoms with van der Waals surface area (Å²) in [5.41, 5.74) is 6.54. The zero-order valence-electron chi connectivity index (χ0n) is 16.2. The molecule has 0 aliphatic carbocycles. The number of aromatic amines is 1. The van der Waals surface area contributed by atoms with Crippen LogP contribution in [-0.2, 0) is 6.61 Å². The van der Waals surface area contributed by atoms with Gasteiger partial charge in [0.05, 0.1) is 12.3 Å². The van der Waals surface area contributed by atoms with E-state index in [1.807, 2.05) is 49.5 Å². The average Bonchev–Trinajstić information content (AvgIpc) is 3.27. The number of nitrogens with one attached hydrogen (secondary N) is 1. The molecule has 5 aromatic heterocycles. The molecular formula is C23H18N6O. The summed E-state index contributed by atoms with van der Waals surface area (Å²) in [4.78, 5) is 25.9. The molecule has 0 radical (unpaired) electrons. The molecule has 0 aromatic carbocycles. The third-order valence-corrected chi connectivity index (χ3v) is 4.86. The summed E-state index contributed by atoms with van der Waals surface area (Å²) in [7, 11) is 0. The molecule has 0 aliphatic rings. The first kappa shape index (κ1) is 18.1. The van der Waals surface area contributed by atoms with E-state index in [9.17, 15) is 5.11 Å². The van der Waals surface area contributed by atoms with Crippen LogP contribution in [0.25, 0.3) is 44.9 Å². The predicted molar refractivity (Wildman–Crippen MR) is 114 cm³/mol. The first-order chi connectivity index (χ1) is 14.7. The highest BCUT2D eigenvalue weighted by atomic mass is 16.3. The third kappa shape index (κ3) is 3.31. The Morgan fingerprint density at radius 3 is 2.50 bits per heavy atom. The highest BCUT2D eigenvalue weighted by Gasteiger charge is 2.14. The summed E-state index contributed by atoms with van der Waals surface area (Å²) >= 11 is 0. The molecule has 30 heavy (non-hydrogen) atoms. The second kappa shape index (κ2) is 7.46. The van der Waals surface area contributed by atoms with Gasteiger partial charge in [-0.1, -0.05) is 6.07 Å². The highest BCUT2D eigenvalue weighted by molar-refractivity contribution is 5.92. The van der Waals surface area contributed by atoms with E-state index in [0.29, 0.717) is 5.82 Å². The van der Waals surface area contributed by atoms with E-state index in [1.54, 1.807) is 24.8 Å². The fraction of sp³-hybridized carbons (Fsp3) is 0.0870. The number of pyridine rings is 3. The molecule has 5 rings (SSSR count). The van der Waals surface area contributed by atoms with Crippen LogP contribution >= 0.6 is 0 Å². The van der Waals surface area contributed by atoms with Crippen LogP contribution in [0, 0.1) is 6.92 Å². The van der Waals surface area contributed by atoms with Crippen molar-refractivity contribution in [3.63, 3.8) is 0 Å². The number of aliphatic hydroxyl groups excluding tert-OH is 1. The van der Waals surface area contributed by atoms with Crippen molar-refractivity contribution in [3.8, 4) is 33.9 Å². The van der Waals surface area contributed by atoms with Crippen LogP contribution in [0.15, 0.2) is 67.4 Å². The van der Waals surface area contributed by atoms with Crippen LogP contribution in [0.1, 0.15) is 11.3 Å². The number of H-pyrrole nitrogens is 1. The molecular weight excluding hydrogens is 376 g/mol. The predicted octanol–water partition coefficient (Wildman–Crippen LogP) is 3.94. The second-order valence-electron chi connectivity index (χ2n) is 7.00. The van der Waals surface area contributed by atoms with Gasteiger partial charge in [-0.25, -0.2) is 15.0 Å². The summed E-state index contributed by atoms with van der Waals surface area (Å²) in [5, 5.41) is 10.3. The van der Waals surface area contributed by atoms with Crippen molar-refractivity contribution in [2.75, 3.05) is 0 Å². The molecule has 5 aromatic rings. The van der Waals surface area contributed by atoms with E-state index in [1.165, 1.54) is 0 Å². The molecule has 0 bridgehead atoms. The Hall–Kier alpha value is -3.97. The molecule has 0 unspecified atom stereocenters. The zero-order valence-corrected chi connectivity index (χ0v) is 16.2. The minimum atomic E-state index is -0.0588. The quantitative estimate of drug-likeness (QED) is 0.479. The summed E-state index contributed by atoms with van der Waals surface area (Å²) in [6, 6.07) is 11.7. The van der Waals surface area contributed by atoms with Crippen LogP contribution < -0.4 is 0 Å². The SMILES string of the molecule is Cc1cccc(-c2nc(-c3cncc(-c4cncc(CO)c4)c3)c3cc[nH]c3n2)n1. The van der Waals surface area contributed by atoms with Gasteiger partial charge in [0.15, 0.2) is 5.82 Å². The van der Waals surface area contributed by atoms with Crippen LogP contribution in [0.5, 0.6) is 0 Å². The average molecular weight is 394 g/mol. The van der Waals surface area contributed by atoms with Crippen molar-refractivity contribution < 1.29 is 5.11 Å². The lowest BCUT2D eigenvalue weighted by Gasteiger charge is -2.09. The van der Waals surface area contributed by atoms with Gasteiger partial charge < -0.3 is 10.1 Å². The lowest BCUT2D eigenvalue weighted by Crippen LogP contribution is -1.97. The Balaban J connectivity index is 1.67. The van der Waals surface area contributed by atoms with Gasteiger partial charge in [0.2, 0.25) is 0 Å². The smallest absolute Gasteiger partial charge is 0.180 e. The molecule has 2 N–H and O–H groups in total. The molecule has 0 aliphatic heterocycles. The minimum absolute atomic E-state index is 0.0588. The number of aryl methyl sites for hydroxylation is 1. The molecule has 0 fully saturated rings.